The summed E-state index contributed by atoms with van der Waals surface area (Å²) in [5, 5.41) is 0.984. The molecular weight excluding hydrogens is 396 g/mol. The molecule has 10 heteroatoms. The molecule has 0 bridgehead atoms. The number of sulfonamides is 1. The van der Waals surface area contributed by atoms with Crippen molar-refractivity contribution in [1.82, 2.24) is 14.2 Å². The summed E-state index contributed by atoms with van der Waals surface area (Å²) in [6.45, 7) is 0.666. The van der Waals surface area contributed by atoms with Crippen molar-refractivity contribution in [1.29, 1.82) is 0 Å². The monoisotopic (exact) mass is 413 g/mol. The van der Waals surface area contributed by atoms with E-state index in [0.717, 1.165) is 30.0 Å². The maximum Gasteiger partial charge on any atom is 0.265 e. The van der Waals surface area contributed by atoms with E-state index in [1.807, 2.05) is 0 Å². The Morgan fingerprint density at radius 3 is 2.44 bits per heavy atom. The smallest absolute Gasteiger partial charge is 0.265 e. The molecule has 6 nitrogen and oxygen atoms in total. The Labute approximate surface area is 159 Å². The summed E-state index contributed by atoms with van der Waals surface area (Å²) in [5.41, 5.74) is 0. The maximum absolute atomic E-state index is 13.4. The standard InChI is InChI=1S/C17H17F2N3O3S2/c18-13-4-3-12(9-14(13)19)27(24,25)22-7-5-21(6-8-22)17(23)15-10-20-16(26-15)11-1-2-11/h3-4,9-11H,1-2,5-8H2. The van der Waals surface area contributed by atoms with Crippen LogP contribution in [0.1, 0.15) is 33.4 Å². The van der Waals surface area contributed by atoms with Gasteiger partial charge in [-0.2, -0.15) is 4.31 Å². The Morgan fingerprint density at radius 2 is 1.81 bits per heavy atom. The van der Waals surface area contributed by atoms with E-state index in [-0.39, 0.29) is 37.0 Å². The van der Waals surface area contributed by atoms with Crippen LogP contribution < -0.4 is 0 Å². The molecule has 2 aliphatic rings. The minimum absolute atomic E-state index is 0.0986. The molecule has 0 radical (unpaired) electrons. The van der Waals surface area contributed by atoms with Crippen LogP contribution in [0.5, 0.6) is 0 Å². The zero-order valence-electron chi connectivity index (χ0n) is 14.3. The normalized spacial score (nSPS) is 18.7. The van der Waals surface area contributed by atoms with Crippen molar-refractivity contribution in [2.45, 2.75) is 23.7 Å². The van der Waals surface area contributed by atoms with Gasteiger partial charge in [0.15, 0.2) is 11.6 Å². The van der Waals surface area contributed by atoms with Crippen LogP contribution in [0.25, 0.3) is 0 Å². The highest BCUT2D eigenvalue weighted by Crippen LogP contribution is 2.41. The lowest BCUT2D eigenvalue weighted by Gasteiger charge is -2.33. The van der Waals surface area contributed by atoms with Gasteiger partial charge in [0, 0.05) is 32.1 Å². The fraction of sp³-hybridized carbons (Fsp3) is 0.412. The van der Waals surface area contributed by atoms with Gasteiger partial charge in [0.2, 0.25) is 10.0 Å². The van der Waals surface area contributed by atoms with Crippen molar-refractivity contribution in [3.8, 4) is 0 Å². The molecule has 0 unspecified atom stereocenters. The lowest BCUT2D eigenvalue weighted by molar-refractivity contribution is 0.0702. The van der Waals surface area contributed by atoms with Crippen LogP contribution in [0.2, 0.25) is 0 Å². The first-order valence-electron chi connectivity index (χ1n) is 8.56. The molecule has 2 fully saturated rings. The number of thiazole rings is 1. The van der Waals surface area contributed by atoms with Crippen LogP contribution in [0.4, 0.5) is 8.78 Å². The highest BCUT2D eigenvalue weighted by Gasteiger charge is 2.32. The number of halogens is 2. The third-order valence-corrected chi connectivity index (χ3v) is 7.76. The van der Waals surface area contributed by atoms with Gasteiger partial charge in [0.1, 0.15) is 4.88 Å². The Balaban J connectivity index is 1.43. The zero-order chi connectivity index (χ0) is 19.2. The van der Waals surface area contributed by atoms with Gasteiger partial charge in [-0.3, -0.25) is 4.79 Å². The van der Waals surface area contributed by atoms with Crippen molar-refractivity contribution in [2.75, 3.05) is 26.2 Å². The summed E-state index contributed by atoms with van der Waals surface area (Å²) in [6.07, 6.45) is 3.81. The van der Waals surface area contributed by atoms with Gasteiger partial charge < -0.3 is 4.90 Å². The molecule has 0 spiro atoms. The van der Waals surface area contributed by atoms with Crippen LogP contribution in [0.3, 0.4) is 0 Å². The second-order valence-corrected chi connectivity index (χ2v) is 9.61. The van der Waals surface area contributed by atoms with Gasteiger partial charge in [-0.25, -0.2) is 22.2 Å². The molecule has 2 aromatic rings. The van der Waals surface area contributed by atoms with E-state index in [2.05, 4.69) is 4.98 Å². The Hall–Kier alpha value is -1.91. The van der Waals surface area contributed by atoms with Crippen LogP contribution in [-0.4, -0.2) is 54.7 Å². The predicted octanol–water partition coefficient (Wildman–Crippen LogP) is 2.45. The number of nitrogens with zero attached hydrogens (tertiary/aromatic N) is 3. The van der Waals surface area contributed by atoms with Crippen LogP contribution in [-0.2, 0) is 10.0 Å². The van der Waals surface area contributed by atoms with Crippen LogP contribution in [0.15, 0.2) is 29.3 Å². The van der Waals surface area contributed by atoms with Gasteiger partial charge in [-0.15, -0.1) is 11.3 Å². The van der Waals surface area contributed by atoms with Crippen molar-refractivity contribution >= 4 is 27.3 Å². The average Bonchev–Trinajstić information content (AvgIpc) is 3.40. The molecule has 0 atom stereocenters. The zero-order valence-corrected chi connectivity index (χ0v) is 15.9. The topological polar surface area (TPSA) is 70.6 Å². The number of benzene rings is 1. The molecule has 1 aromatic carbocycles. The molecule has 0 N–H and O–H groups in total. The number of carbonyl (C=O) groups excluding carboxylic acids is 1. The van der Waals surface area contributed by atoms with E-state index < -0.39 is 21.7 Å². The molecule has 2 heterocycles. The highest BCUT2D eigenvalue weighted by molar-refractivity contribution is 7.89. The fourth-order valence-electron chi connectivity index (χ4n) is 2.98. The third kappa shape index (κ3) is 3.61. The third-order valence-electron chi connectivity index (χ3n) is 4.72. The predicted molar refractivity (Wildman–Crippen MR) is 95.1 cm³/mol. The Bertz CT molecular complexity index is 981. The van der Waals surface area contributed by atoms with E-state index >= 15 is 0 Å². The van der Waals surface area contributed by atoms with E-state index in [4.69, 9.17) is 0 Å². The number of amides is 1. The first-order valence-corrected chi connectivity index (χ1v) is 10.8. The molecule has 1 aliphatic heterocycles. The van der Waals surface area contributed by atoms with Gasteiger partial charge in [0.25, 0.3) is 5.91 Å². The molecule has 144 valence electrons. The molecular formula is C17H17F2N3O3S2. The van der Waals surface area contributed by atoms with Gasteiger partial charge in [0.05, 0.1) is 16.1 Å². The number of rotatable bonds is 4. The number of aromatic nitrogens is 1. The minimum Gasteiger partial charge on any atom is -0.335 e. The van der Waals surface area contributed by atoms with E-state index in [0.29, 0.717) is 16.9 Å². The fourth-order valence-corrected chi connectivity index (χ4v) is 5.47. The van der Waals surface area contributed by atoms with E-state index in [9.17, 15) is 22.0 Å². The maximum atomic E-state index is 13.4. The summed E-state index contributed by atoms with van der Waals surface area (Å²) in [6, 6.07) is 2.52. The second kappa shape index (κ2) is 6.92. The number of hydrogen-bond donors (Lipinski definition) is 0. The largest absolute Gasteiger partial charge is 0.335 e. The quantitative estimate of drug-likeness (QED) is 0.772. The van der Waals surface area contributed by atoms with Gasteiger partial charge in [-0.05, 0) is 31.0 Å². The van der Waals surface area contributed by atoms with Crippen molar-refractivity contribution in [2.24, 2.45) is 0 Å². The first-order chi connectivity index (χ1) is 12.9. The van der Waals surface area contributed by atoms with Crippen molar-refractivity contribution < 1.29 is 22.0 Å². The second-order valence-electron chi connectivity index (χ2n) is 6.61. The van der Waals surface area contributed by atoms with Gasteiger partial charge in [-0.1, -0.05) is 0 Å². The highest BCUT2D eigenvalue weighted by atomic mass is 32.2. The molecule has 4 rings (SSSR count). The summed E-state index contributed by atoms with van der Waals surface area (Å²) >= 11 is 1.40. The molecule has 1 aromatic heterocycles. The minimum atomic E-state index is -3.93. The van der Waals surface area contributed by atoms with Gasteiger partial charge >= 0.3 is 0 Å². The summed E-state index contributed by atoms with van der Waals surface area (Å²) in [7, 11) is -3.93. The SMILES string of the molecule is O=C(c1cnc(C2CC2)s1)N1CCN(S(=O)(=O)c2ccc(F)c(F)c2)CC1. The number of hydrogen-bond acceptors (Lipinski definition) is 5. The number of piperazine rings is 1. The van der Waals surface area contributed by atoms with E-state index in [1.165, 1.54) is 15.6 Å². The molecule has 1 saturated carbocycles. The first kappa shape index (κ1) is 18.5. The Kier molecular flexibility index (Phi) is 4.73. The van der Waals surface area contributed by atoms with Crippen LogP contribution in [0, 0.1) is 11.6 Å². The summed E-state index contributed by atoms with van der Waals surface area (Å²) < 4.78 is 52.8. The molecule has 1 amide bonds. The van der Waals surface area contributed by atoms with Crippen LogP contribution >= 0.6 is 11.3 Å². The lowest BCUT2D eigenvalue weighted by Crippen LogP contribution is -2.50. The molecule has 1 aliphatic carbocycles. The number of carbonyl (C=O) groups is 1. The molecule has 27 heavy (non-hydrogen) atoms. The molecule has 1 saturated heterocycles. The summed E-state index contributed by atoms with van der Waals surface area (Å²) in [5.74, 6) is -1.97. The summed E-state index contributed by atoms with van der Waals surface area (Å²) in [4.78, 5) is 18.8. The van der Waals surface area contributed by atoms with E-state index in [1.54, 1.807) is 11.1 Å². The van der Waals surface area contributed by atoms with Crippen molar-refractivity contribution in [3.05, 3.63) is 45.9 Å². The lowest BCUT2D eigenvalue weighted by atomic mass is 10.3. The average molecular weight is 413 g/mol. The Morgan fingerprint density at radius 1 is 1.11 bits per heavy atom. The van der Waals surface area contributed by atoms with Crippen molar-refractivity contribution in [3.63, 3.8) is 0 Å².